The van der Waals surface area contributed by atoms with Crippen molar-refractivity contribution in [2.45, 2.75) is 39.2 Å². The van der Waals surface area contributed by atoms with Crippen molar-refractivity contribution in [3.8, 4) is 0 Å². The van der Waals surface area contributed by atoms with E-state index in [9.17, 15) is 19.2 Å². The Morgan fingerprint density at radius 3 is 2.61 bits per heavy atom. The van der Waals surface area contributed by atoms with E-state index in [1.165, 1.54) is 0 Å². The van der Waals surface area contributed by atoms with Gasteiger partial charge in [-0.1, -0.05) is 32.0 Å². The SMILES string of the molecule is CCc1cccc2c(C(=O)COC(=O)CN3C(=O)N[C@@](C)(CC)C3=O)c[nH]c12. The van der Waals surface area contributed by atoms with Crippen molar-refractivity contribution in [2.75, 3.05) is 13.2 Å². The van der Waals surface area contributed by atoms with Gasteiger partial charge < -0.3 is 15.0 Å². The van der Waals surface area contributed by atoms with E-state index < -0.39 is 36.6 Å². The van der Waals surface area contributed by atoms with Crippen LogP contribution in [0.5, 0.6) is 0 Å². The summed E-state index contributed by atoms with van der Waals surface area (Å²) in [6, 6.07) is 5.05. The number of rotatable bonds is 7. The van der Waals surface area contributed by atoms with Crippen LogP contribution in [0.2, 0.25) is 0 Å². The molecule has 3 rings (SSSR count). The summed E-state index contributed by atoms with van der Waals surface area (Å²) in [5.74, 6) is -1.65. The lowest BCUT2D eigenvalue weighted by Crippen LogP contribution is -2.43. The average molecular weight is 385 g/mol. The summed E-state index contributed by atoms with van der Waals surface area (Å²) in [4.78, 5) is 52.7. The molecular formula is C20H23N3O5. The van der Waals surface area contributed by atoms with E-state index in [1.807, 2.05) is 25.1 Å². The van der Waals surface area contributed by atoms with Crippen LogP contribution in [0.4, 0.5) is 4.79 Å². The first kappa shape index (κ1) is 19.6. The highest BCUT2D eigenvalue weighted by Crippen LogP contribution is 2.23. The quantitative estimate of drug-likeness (QED) is 0.431. The number of hydrogen-bond acceptors (Lipinski definition) is 5. The number of hydrogen-bond donors (Lipinski definition) is 2. The second-order valence-corrected chi connectivity index (χ2v) is 6.99. The molecular weight excluding hydrogens is 362 g/mol. The number of benzene rings is 1. The minimum Gasteiger partial charge on any atom is -0.456 e. The van der Waals surface area contributed by atoms with Gasteiger partial charge in [0.1, 0.15) is 12.1 Å². The highest BCUT2D eigenvalue weighted by atomic mass is 16.5. The maximum absolute atomic E-state index is 12.5. The van der Waals surface area contributed by atoms with Crippen molar-refractivity contribution in [3.63, 3.8) is 0 Å². The van der Waals surface area contributed by atoms with Crippen LogP contribution in [-0.4, -0.2) is 52.3 Å². The molecule has 3 amide bonds. The Morgan fingerprint density at radius 1 is 1.21 bits per heavy atom. The number of nitrogens with zero attached hydrogens (tertiary/aromatic N) is 1. The zero-order chi connectivity index (χ0) is 20.5. The highest BCUT2D eigenvalue weighted by molar-refractivity contribution is 6.10. The van der Waals surface area contributed by atoms with Gasteiger partial charge in [0.2, 0.25) is 5.78 Å². The Labute approximate surface area is 162 Å². The Hall–Kier alpha value is -3.16. The van der Waals surface area contributed by atoms with Crippen LogP contribution in [0.3, 0.4) is 0 Å². The zero-order valence-corrected chi connectivity index (χ0v) is 16.1. The molecule has 2 N–H and O–H groups in total. The van der Waals surface area contributed by atoms with Gasteiger partial charge in [0.15, 0.2) is 6.61 Å². The van der Waals surface area contributed by atoms with E-state index in [0.29, 0.717) is 12.0 Å². The fourth-order valence-electron chi connectivity index (χ4n) is 3.27. The van der Waals surface area contributed by atoms with Gasteiger partial charge in [-0.3, -0.25) is 19.3 Å². The van der Waals surface area contributed by atoms with Crippen molar-refractivity contribution in [1.29, 1.82) is 0 Å². The number of urea groups is 1. The van der Waals surface area contributed by atoms with Gasteiger partial charge >= 0.3 is 12.0 Å². The topological polar surface area (TPSA) is 109 Å². The molecule has 28 heavy (non-hydrogen) atoms. The number of aromatic amines is 1. The van der Waals surface area contributed by atoms with E-state index in [4.69, 9.17) is 4.74 Å². The Kier molecular flexibility index (Phi) is 5.22. The normalized spacial score (nSPS) is 19.2. The van der Waals surface area contributed by atoms with Gasteiger partial charge in [-0.2, -0.15) is 0 Å². The number of Topliss-reactive ketones (excluding diaryl/α,β-unsaturated/α-hetero) is 1. The van der Waals surface area contributed by atoms with E-state index in [1.54, 1.807) is 20.0 Å². The van der Waals surface area contributed by atoms with Crippen molar-refractivity contribution < 1.29 is 23.9 Å². The lowest BCUT2D eigenvalue weighted by molar-refractivity contribution is -0.146. The average Bonchev–Trinajstić information content (AvgIpc) is 3.21. The molecule has 1 atom stereocenters. The van der Waals surface area contributed by atoms with Gasteiger partial charge in [0.25, 0.3) is 5.91 Å². The molecule has 2 heterocycles. The number of ketones is 1. The van der Waals surface area contributed by atoms with E-state index in [-0.39, 0.29) is 5.78 Å². The first-order chi connectivity index (χ1) is 13.3. The molecule has 2 aromatic rings. The monoisotopic (exact) mass is 385 g/mol. The molecule has 0 spiro atoms. The maximum atomic E-state index is 12.5. The Bertz CT molecular complexity index is 964. The molecule has 0 unspecified atom stereocenters. The fraction of sp³-hybridized carbons (Fsp3) is 0.400. The number of aromatic nitrogens is 1. The van der Waals surface area contributed by atoms with Gasteiger partial charge in [-0.25, -0.2) is 4.79 Å². The lowest BCUT2D eigenvalue weighted by Gasteiger charge is -2.18. The minimum absolute atomic E-state index is 0.358. The third-order valence-electron chi connectivity index (χ3n) is 5.19. The summed E-state index contributed by atoms with van der Waals surface area (Å²) in [5, 5.41) is 3.33. The summed E-state index contributed by atoms with van der Waals surface area (Å²) in [6.45, 7) is 4.41. The van der Waals surface area contributed by atoms with Gasteiger partial charge in [-0.05, 0) is 25.3 Å². The second kappa shape index (κ2) is 7.46. The number of esters is 1. The van der Waals surface area contributed by atoms with Crippen LogP contribution in [0.1, 0.15) is 43.1 Å². The van der Waals surface area contributed by atoms with E-state index >= 15 is 0 Å². The molecule has 1 aromatic heterocycles. The van der Waals surface area contributed by atoms with Crippen molar-refractivity contribution in [1.82, 2.24) is 15.2 Å². The molecule has 148 valence electrons. The summed E-state index contributed by atoms with van der Waals surface area (Å²) >= 11 is 0. The van der Waals surface area contributed by atoms with Crippen LogP contribution in [-0.2, 0) is 20.7 Å². The van der Waals surface area contributed by atoms with Crippen LogP contribution in [0.15, 0.2) is 24.4 Å². The number of nitrogens with one attached hydrogen (secondary N) is 2. The molecule has 0 radical (unpaired) electrons. The van der Waals surface area contributed by atoms with Gasteiger partial charge in [0.05, 0.1) is 0 Å². The number of imide groups is 1. The largest absolute Gasteiger partial charge is 0.456 e. The Morgan fingerprint density at radius 2 is 1.96 bits per heavy atom. The summed E-state index contributed by atoms with van der Waals surface area (Å²) in [6.07, 6.45) is 2.83. The molecule has 1 fully saturated rings. The molecule has 1 aliphatic rings. The first-order valence-electron chi connectivity index (χ1n) is 9.22. The highest BCUT2D eigenvalue weighted by Gasteiger charge is 2.47. The number of para-hydroxylation sites is 1. The molecule has 1 aliphatic heterocycles. The maximum Gasteiger partial charge on any atom is 0.326 e. The third kappa shape index (κ3) is 3.37. The predicted octanol–water partition coefficient (Wildman–Crippen LogP) is 2.18. The molecule has 1 saturated heterocycles. The number of H-pyrrole nitrogens is 1. The number of ether oxygens (including phenoxy) is 1. The fourth-order valence-corrected chi connectivity index (χ4v) is 3.27. The number of amides is 3. The number of aryl methyl sites for hydroxylation is 1. The smallest absolute Gasteiger partial charge is 0.326 e. The molecule has 0 aliphatic carbocycles. The first-order valence-corrected chi connectivity index (χ1v) is 9.22. The van der Waals surface area contributed by atoms with E-state index in [0.717, 1.165) is 27.8 Å². The van der Waals surface area contributed by atoms with Gasteiger partial charge in [-0.15, -0.1) is 0 Å². The minimum atomic E-state index is -1.02. The standard InChI is InChI=1S/C20H23N3O5/c1-4-12-7-6-8-13-14(9-21-17(12)13)15(24)11-28-16(25)10-23-18(26)20(3,5-2)22-19(23)27/h6-9,21H,4-5,10-11H2,1-3H3,(H,22,27)/t20-/m0/s1. The summed E-state index contributed by atoms with van der Waals surface area (Å²) < 4.78 is 5.02. The molecule has 0 bridgehead atoms. The number of carbonyl (C=O) groups excluding carboxylic acids is 4. The summed E-state index contributed by atoms with van der Waals surface area (Å²) in [7, 11) is 0. The van der Waals surface area contributed by atoms with Crippen LogP contribution < -0.4 is 5.32 Å². The van der Waals surface area contributed by atoms with E-state index in [2.05, 4.69) is 10.3 Å². The van der Waals surface area contributed by atoms with Crippen LogP contribution >= 0.6 is 0 Å². The third-order valence-corrected chi connectivity index (χ3v) is 5.19. The lowest BCUT2D eigenvalue weighted by atomic mass is 9.99. The second-order valence-electron chi connectivity index (χ2n) is 6.99. The van der Waals surface area contributed by atoms with Crippen molar-refractivity contribution in [3.05, 3.63) is 35.5 Å². The van der Waals surface area contributed by atoms with Crippen molar-refractivity contribution >= 4 is 34.6 Å². The number of fused-ring (bicyclic) bond motifs is 1. The Balaban J connectivity index is 1.63. The molecule has 0 saturated carbocycles. The molecule has 8 heteroatoms. The zero-order valence-electron chi connectivity index (χ0n) is 16.1. The summed E-state index contributed by atoms with van der Waals surface area (Å²) in [5.41, 5.74) is 1.39. The number of carbonyl (C=O) groups is 4. The molecule has 1 aromatic carbocycles. The predicted molar refractivity (Wildman–Crippen MR) is 102 cm³/mol. The van der Waals surface area contributed by atoms with Crippen molar-refractivity contribution in [2.24, 2.45) is 0 Å². The van der Waals surface area contributed by atoms with Crippen LogP contribution in [0, 0.1) is 0 Å². The molecule has 8 nitrogen and oxygen atoms in total. The van der Waals surface area contributed by atoms with Crippen LogP contribution in [0.25, 0.3) is 10.9 Å². The van der Waals surface area contributed by atoms with Gasteiger partial charge in [0, 0.05) is 22.7 Å².